The normalized spacial score (nSPS) is 13.6. The summed E-state index contributed by atoms with van der Waals surface area (Å²) in [4.78, 5) is 16.0. The Balaban J connectivity index is 1.33. The predicted molar refractivity (Wildman–Crippen MR) is 92.4 cm³/mol. The van der Waals surface area contributed by atoms with Crippen molar-refractivity contribution in [1.29, 1.82) is 0 Å². The van der Waals surface area contributed by atoms with E-state index in [0.29, 0.717) is 18.2 Å². The number of hydrogen-bond donors (Lipinski definition) is 2. The van der Waals surface area contributed by atoms with Crippen molar-refractivity contribution in [3.8, 4) is 5.69 Å². The largest absolute Gasteiger partial charge is 0.332 e. The van der Waals surface area contributed by atoms with Gasteiger partial charge in [-0.05, 0) is 31.0 Å². The fraction of sp³-hybridized carbons (Fsp3) is 0.294. The standard InChI is InChI=1S/C17H19N7O/c1-23-16(12-2-3-12)8-13(22-23)9-19-17(25)21-14-10-20-24(11-14)15-4-6-18-7-5-15/h4-8,10-12H,2-3,9H2,1H3,(H2,19,21,25). The van der Waals surface area contributed by atoms with Gasteiger partial charge in [-0.3, -0.25) is 9.67 Å². The zero-order valence-electron chi connectivity index (χ0n) is 13.9. The van der Waals surface area contributed by atoms with Gasteiger partial charge in [0.25, 0.3) is 0 Å². The fourth-order valence-electron chi connectivity index (χ4n) is 2.76. The first-order valence-corrected chi connectivity index (χ1v) is 8.22. The average Bonchev–Trinajstić information content (AvgIpc) is 3.24. The van der Waals surface area contributed by atoms with Crippen LogP contribution in [0.2, 0.25) is 0 Å². The molecular weight excluding hydrogens is 318 g/mol. The van der Waals surface area contributed by atoms with E-state index in [1.54, 1.807) is 29.5 Å². The van der Waals surface area contributed by atoms with Crippen LogP contribution in [-0.4, -0.2) is 30.6 Å². The number of nitrogens with one attached hydrogen (secondary N) is 2. The summed E-state index contributed by atoms with van der Waals surface area (Å²) in [6, 6.07) is 5.47. The first kappa shape index (κ1) is 15.4. The minimum atomic E-state index is -0.284. The number of carbonyl (C=O) groups excluding carboxylic acids is 1. The number of urea groups is 1. The van der Waals surface area contributed by atoms with Crippen molar-refractivity contribution in [3.63, 3.8) is 0 Å². The van der Waals surface area contributed by atoms with Gasteiger partial charge < -0.3 is 10.6 Å². The van der Waals surface area contributed by atoms with Gasteiger partial charge in [0, 0.05) is 31.1 Å². The predicted octanol–water partition coefficient (Wildman–Crippen LogP) is 2.20. The molecule has 128 valence electrons. The molecule has 8 nitrogen and oxygen atoms in total. The Morgan fingerprint density at radius 2 is 2.12 bits per heavy atom. The number of pyridine rings is 1. The number of anilines is 1. The first-order valence-electron chi connectivity index (χ1n) is 8.22. The minimum absolute atomic E-state index is 0.284. The molecule has 0 radical (unpaired) electrons. The molecule has 2 N–H and O–H groups in total. The Morgan fingerprint density at radius 3 is 2.88 bits per heavy atom. The average molecular weight is 337 g/mol. The van der Waals surface area contributed by atoms with Crippen LogP contribution in [0.1, 0.15) is 30.1 Å². The van der Waals surface area contributed by atoms with Crippen molar-refractivity contribution in [3.05, 3.63) is 54.4 Å². The zero-order chi connectivity index (χ0) is 17.2. The number of carbonyl (C=O) groups is 1. The van der Waals surface area contributed by atoms with Gasteiger partial charge in [0.1, 0.15) is 0 Å². The van der Waals surface area contributed by atoms with Crippen LogP contribution in [0.15, 0.2) is 43.0 Å². The highest BCUT2D eigenvalue weighted by Crippen LogP contribution is 2.39. The van der Waals surface area contributed by atoms with E-state index in [4.69, 9.17) is 0 Å². The number of nitrogens with zero attached hydrogens (tertiary/aromatic N) is 5. The zero-order valence-corrected chi connectivity index (χ0v) is 13.9. The number of hydrogen-bond acceptors (Lipinski definition) is 4. The quantitative estimate of drug-likeness (QED) is 0.747. The molecule has 2 amide bonds. The van der Waals surface area contributed by atoms with E-state index in [-0.39, 0.29) is 6.03 Å². The third-order valence-electron chi connectivity index (χ3n) is 4.16. The third kappa shape index (κ3) is 3.52. The van der Waals surface area contributed by atoms with Crippen LogP contribution < -0.4 is 10.6 Å². The van der Waals surface area contributed by atoms with Crippen LogP contribution in [0.4, 0.5) is 10.5 Å². The number of amides is 2. The van der Waals surface area contributed by atoms with E-state index in [1.165, 1.54) is 18.5 Å². The first-order chi connectivity index (χ1) is 12.2. The highest BCUT2D eigenvalue weighted by atomic mass is 16.2. The lowest BCUT2D eigenvalue weighted by Gasteiger charge is -2.04. The maximum atomic E-state index is 12.1. The van der Waals surface area contributed by atoms with Gasteiger partial charge in [0.15, 0.2) is 0 Å². The topological polar surface area (TPSA) is 89.7 Å². The molecule has 1 saturated carbocycles. The van der Waals surface area contributed by atoms with E-state index in [0.717, 1.165) is 11.4 Å². The lowest BCUT2D eigenvalue weighted by atomic mass is 10.2. The Kier molecular flexibility index (Phi) is 3.93. The Labute approximate surface area is 144 Å². The monoisotopic (exact) mass is 337 g/mol. The van der Waals surface area contributed by atoms with Crippen molar-refractivity contribution in [2.45, 2.75) is 25.3 Å². The lowest BCUT2D eigenvalue weighted by molar-refractivity contribution is 0.251. The second-order valence-corrected chi connectivity index (χ2v) is 6.15. The third-order valence-corrected chi connectivity index (χ3v) is 4.16. The molecule has 0 spiro atoms. The molecule has 0 atom stereocenters. The van der Waals surface area contributed by atoms with Crippen molar-refractivity contribution in [1.82, 2.24) is 29.9 Å². The summed E-state index contributed by atoms with van der Waals surface area (Å²) in [7, 11) is 1.95. The van der Waals surface area contributed by atoms with Gasteiger partial charge in [0.2, 0.25) is 0 Å². The van der Waals surface area contributed by atoms with Crippen molar-refractivity contribution in [2.75, 3.05) is 5.32 Å². The van der Waals surface area contributed by atoms with Crippen molar-refractivity contribution >= 4 is 11.7 Å². The SMILES string of the molecule is Cn1nc(CNC(=O)Nc2cnn(-c3ccncc3)c2)cc1C1CC1. The van der Waals surface area contributed by atoms with Gasteiger partial charge in [-0.15, -0.1) is 0 Å². The van der Waals surface area contributed by atoms with Gasteiger partial charge in [0.05, 0.1) is 36.0 Å². The van der Waals surface area contributed by atoms with Crippen molar-refractivity contribution < 1.29 is 4.79 Å². The van der Waals surface area contributed by atoms with Crippen LogP contribution in [0.3, 0.4) is 0 Å². The lowest BCUT2D eigenvalue weighted by Crippen LogP contribution is -2.28. The van der Waals surface area contributed by atoms with Crippen LogP contribution >= 0.6 is 0 Å². The molecule has 4 rings (SSSR count). The van der Waals surface area contributed by atoms with Gasteiger partial charge >= 0.3 is 6.03 Å². The highest BCUT2D eigenvalue weighted by Gasteiger charge is 2.27. The Morgan fingerprint density at radius 1 is 1.32 bits per heavy atom. The van der Waals surface area contributed by atoms with Crippen LogP contribution in [0, 0.1) is 0 Å². The molecule has 1 aliphatic carbocycles. The van der Waals surface area contributed by atoms with Crippen molar-refractivity contribution in [2.24, 2.45) is 7.05 Å². The van der Waals surface area contributed by atoms with Gasteiger partial charge in [-0.1, -0.05) is 0 Å². The summed E-state index contributed by atoms with van der Waals surface area (Å²) >= 11 is 0. The van der Waals surface area contributed by atoms with E-state index >= 15 is 0 Å². The van der Waals surface area contributed by atoms with Crippen LogP contribution in [0.5, 0.6) is 0 Å². The molecule has 0 aliphatic heterocycles. The minimum Gasteiger partial charge on any atom is -0.332 e. The molecule has 0 unspecified atom stereocenters. The van der Waals surface area contributed by atoms with E-state index < -0.39 is 0 Å². The molecule has 1 aliphatic rings. The summed E-state index contributed by atoms with van der Waals surface area (Å²) in [5, 5.41) is 14.3. The Hall–Kier alpha value is -3.16. The second kappa shape index (κ2) is 6.39. The molecule has 0 saturated heterocycles. The Bertz CT molecular complexity index is 880. The van der Waals surface area contributed by atoms with E-state index in [1.807, 2.05) is 23.9 Å². The summed E-state index contributed by atoms with van der Waals surface area (Å²) in [6.07, 6.45) is 9.20. The summed E-state index contributed by atoms with van der Waals surface area (Å²) < 4.78 is 3.59. The summed E-state index contributed by atoms with van der Waals surface area (Å²) in [6.45, 7) is 0.394. The molecule has 1 fully saturated rings. The summed E-state index contributed by atoms with van der Waals surface area (Å²) in [5.74, 6) is 0.638. The molecule has 25 heavy (non-hydrogen) atoms. The van der Waals surface area contributed by atoms with E-state index in [2.05, 4.69) is 31.9 Å². The molecule has 3 heterocycles. The number of aromatic nitrogens is 5. The molecule has 0 aromatic carbocycles. The molecule has 0 bridgehead atoms. The van der Waals surface area contributed by atoms with Crippen LogP contribution in [-0.2, 0) is 13.6 Å². The molecule has 3 aromatic rings. The molecule has 8 heteroatoms. The van der Waals surface area contributed by atoms with Crippen LogP contribution in [0.25, 0.3) is 5.69 Å². The maximum Gasteiger partial charge on any atom is 0.319 e. The fourth-order valence-corrected chi connectivity index (χ4v) is 2.76. The molecular formula is C17H19N7O. The van der Waals surface area contributed by atoms with Gasteiger partial charge in [-0.25, -0.2) is 9.48 Å². The highest BCUT2D eigenvalue weighted by molar-refractivity contribution is 5.88. The number of rotatable bonds is 5. The van der Waals surface area contributed by atoms with E-state index in [9.17, 15) is 4.79 Å². The van der Waals surface area contributed by atoms with Gasteiger partial charge in [-0.2, -0.15) is 10.2 Å². The summed E-state index contributed by atoms with van der Waals surface area (Å²) in [5.41, 5.74) is 3.61. The second-order valence-electron chi connectivity index (χ2n) is 6.15. The molecule has 3 aromatic heterocycles. The maximum absolute atomic E-state index is 12.1. The smallest absolute Gasteiger partial charge is 0.319 e. The number of aryl methyl sites for hydroxylation is 1.